The second-order valence-electron chi connectivity index (χ2n) is 10.4. The van der Waals surface area contributed by atoms with E-state index in [0.717, 1.165) is 25.0 Å². The first-order chi connectivity index (χ1) is 20.7. The van der Waals surface area contributed by atoms with Crippen molar-refractivity contribution in [1.82, 2.24) is 19.5 Å². The first kappa shape index (κ1) is 31.6. The molecule has 1 aliphatic heterocycles. The van der Waals surface area contributed by atoms with Crippen molar-refractivity contribution in [2.24, 2.45) is 0 Å². The van der Waals surface area contributed by atoms with Gasteiger partial charge in [0, 0.05) is 6.42 Å². The highest BCUT2D eigenvalue weighted by atomic mass is 35.5. The topological polar surface area (TPSA) is 135 Å². The van der Waals surface area contributed by atoms with Crippen molar-refractivity contribution in [1.29, 1.82) is 0 Å². The Morgan fingerprint density at radius 3 is 2.44 bits per heavy atom. The number of hydrogen-bond acceptors (Lipinski definition) is 11. The van der Waals surface area contributed by atoms with Crippen LogP contribution in [0.15, 0.2) is 41.7 Å². The molecule has 43 heavy (non-hydrogen) atoms. The van der Waals surface area contributed by atoms with Crippen LogP contribution in [0.5, 0.6) is 0 Å². The molecule has 1 N–H and O–H groups in total. The third-order valence-electron chi connectivity index (χ3n) is 7.51. The Kier molecular flexibility index (Phi) is 9.57. The molecule has 1 unspecified atom stereocenters. The molecule has 0 amide bonds. The molecule has 3 aromatic rings. The van der Waals surface area contributed by atoms with Gasteiger partial charge in [0.05, 0.1) is 19.5 Å². The van der Waals surface area contributed by atoms with Crippen molar-refractivity contribution in [3.63, 3.8) is 0 Å². The maximum absolute atomic E-state index is 16.1. The quantitative estimate of drug-likeness (QED) is 0.0680. The molecule has 2 aliphatic rings. The fraction of sp³-hybridized carbons (Fsp3) is 0.552. The molecule has 14 heteroatoms. The molecular formula is C29H34ClFN4O7S. The number of carbonyl (C=O) groups is 2. The average molecular weight is 637 g/mol. The smallest absolute Gasteiger partial charge is 0.350 e. The lowest BCUT2D eigenvalue weighted by Crippen LogP contribution is -2.55. The number of hydrogen-bond donors (Lipinski definition) is 1. The van der Waals surface area contributed by atoms with Crippen molar-refractivity contribution in [3.05, 3.63) is 47.5 Å². The van der Waals surface area contributed by atoms with Crippen LogP contribution in [0.1, 0.15) is 51.8 Å². The molecule has 1 aromatic carbocycles. The number of imidazole rings is 1. The zero-order valence-electron chi connectivity index (χ0n) is 24.1. The van der Waals surface area contributed by atoms with E-state index >= 15 is 4.39 Å². The highest BCUT2D eigenvalue weighted by molar-refractivity contribution is 7.99. The van der Waals surface area contributed by atoms with E-state index in [0.29, 0.717) is 16.1 Å². The largest absolute Gasteiger partial charge is 0.463 e. The highest BCUT2D eigenvalue weighted by Gasteiger charge is 2.80. The Balaban J connectivity index is 1.41. The fourth-order valence-electron chi connectivity index (χ4n) is 5.27. The zero-order valence-corrected chi connectivity index (χ0v) is 25.6. The van der Waals surface area contributed by atoms with Gasteiger partial charge >= 0.3 is 11.9 Å². The predicted octanol–water partition coefficient (Wildman–Crippen LogP) is 4.24. The summed E-state index contributed by atoms with van der Waals surface area (Å²) in [5.41, 5.74) is -3.21. The molecule has 5 atom stereocenters. The van der Waals surface area contributed by atoms with E-state index in [1.807, 2.05) is 0 Å². The summed E-state index contributed by atoms with van der Waals surface area (Å²) in [5.74, 6) is -1.20. The number of fused-ring (bicyclic) bond motifs is 2. The third-order valence-corrected chi connectivity index (χ3v) is 8.73. The molecule has 0 spiro atoms. The molecule has 2 aromatic heterocycles. The SMILES string of the molecule is CCCCCSc1nc(Cl)nc2c1ncn2[C@@H]1O[C@@H]2C(OC(Cc3ccccc3)(C(=O)OCC)C(=O)OCC)[C@]2(O)[C@@H]1F. The van der Waals surface area contributed by atoms with Gasteiger partial charge in [0.25, 0.3) is 5.60 Å². The number of aliphatic hydroxyl groups is 1. The minimum absolute atomic E-state index is 0.0275. The lowest BCUT2D eigenvalue weighted by Gasteiger charge is -2.31. The van der Waals surface area contributed by atoms with Gasteiger partial charge in [-0.25, -0.2) is 23.9 Å². The minimum atomic E-state index is -2.30. The Labute approximate surface area is 257 Å². The van der Waals surface area contributed by atoms with Gasteiger partial charge in [-0.05, 0) is 43.2 Å². The second-order valence-corrected chi connectivity index (χ2v) is 11.8. The van der Waals surface area contributed by atoms with E-state index in [4.69, 9.17) is 30.5 Å². The van der Waals surface area contributed by atoms with Crippen molar-refractivity contribution < 1.29 is 38.0 Å². The summed E-state index contributed by atoms with van der Waals surface area (Å²) >= 11 is 7.69. The molecule has 0 bridgehead atoms. The summed E-state index contributed by atoms with van der Waals surface area (Å²) in [5, 5.41) is 12.0. The molecule has 11 nitrogen and oxygen atoms in total. The number of nitrogens with zero attached hydrogens (tertiary/aromatic N) is 4. The Bertz CT molecular complexity index is 1450. The second kappa shape index (κ2) is 13.0. The van der Waals surface area contributed by atoms with Crippen LogP contribution in [0.4, 0.5) is 4.39 Å². The van der Waals surface area contributed by atoms with Crippen molar-refractivity contribution in [2.75, 3.05) is 19.0 Å². The summed E-state index contributed by atoms with van der Waals surface area (Å²) in [6.07, 6.45) is -1.68. The van der Waals surface area contributed by atoms with Crippen molar-refractivity contribution in [2.45, 2.75) is 87.3 Å². The number of rotatable bonds is 14. The van der Waals surface area contributed by atoms with Gasteiger partial charge < -0.3 is 24.1 Å². The zero-order chi connectivity index (χ0) is 30.8. The maximum Gasteiger partial charge on any atom is 0.350 e. The van der Waals surface area contributed by atoms with Crippen LogP contribution >= 0.6 is 23.4 Å². The summed E-state index contributed by atoms with van der Waals surface area (Å²) in [4.78, 5) is 39.6. The molecule has 3 heterocycles. The molecule has 1 saturated carbocycles. The number of halogens is 2. The normalized spacial score (nSPS) is 24.6. The number of aromatic nitrogens is 4. The number of carbonyl (C=O) groups excluding carboxylic acids is 2. The van der Waals surface area contributed by atoms with Crippen LogP contribution in [0, 0.1) is 0 Å². The number of unbranched alkanes of at least 4 members (excludes halogenated alkanes) is 2. The number of ether oxygens (including phenoxy) is 4. The van der Waals surface area contributed by atoms with E-state index in [-0.39, 0.29) is 30.6 Å². The number of alkyl halides is 1. The predicted molar refractivity (Wildman–Crippen MR) is 155 cm³/mol. The molecule has 5 rings (SSSR count). The van der Waals surface area contributed by atoms with Crippen LogP contribution in [0.3, 0.4) is 0 Å². The van der Waals surface area contributed by atoms with Crippen LogP contribution in [0.2, 0.25) is 5.28 Å². The third kappa shape index (κ3) is 5.85. The van der Waals surface area contributed by atoms with Crippen LogP contribution < -0.4 is 0 Å². The van der Waals surface area contributed by atoms with E-state index < -0.39 is 47.7 Å². The Morgan fingerprint density at radius 2 is 1.84 bits per heavy atom. The Hall–Kier alpha value is -2.84. The fourth-order valence-corrected chi connectivity index (χ4v) is 6.46. The van der Waals surface area contributed by atoms with E-state index in [1.54, 1.807) is 44.2 Å². The van der Waals surface area contributed by atoms with E-state index in [2.05, 4.69) is 21.9 Å². The van der Waals surface area contributed by atoms with Gasteiger partial charge in [0.15, 0.2) is 23.6 Å². The molecule has 232 valence electrons. The monoisotopic (exact) mass is 636 g/mol. The van der Waals surface area contributed by atoms with Crippen LogP contribution in [-0.2, 0) is 35.0 Å². The van der Waals surface area contributed by atoms with Crippen molar-refractivity contribution in [3.8, 4) is 0 Å². The number of thioether (sulfide) groups is 1. The molecular weight excluding hydrogens is 603 g/mol. The summed E-state index contributed by atoms with van der Waals surface area (Å²) in [7, 11) is 0. The number of benzene rings is 1. The average Bonchev–Trinajstić information content (AvgIpc) is 3.22. The molecule has 1 saturated heterocycles. The first-order valence-electron chi connectivity index (χ1n) is 14.3. The minimum Gasteiger partial charge on any atom is -0.463 e. The molecule has 2 fully saturated rings. The summed E-state index contributed by atoms with van der Waals surface area (Å²) < 4.78 is 39.9. The van der Waals surface area contributed by atoms with Gasteiger partial charge in [-0.1, -0.05) is 50.1 Å². The van der Waals surface area contributed by atoms with Gasteiger partial charge in [-0.3, -0.25) is 4.57 Å². The van der Waals surface area contributed by atoms with E-state index in [1.165, 1.54) is 22.7 Å². The maximum atomic E-state index is 16.1. The highest BCUT2D eigenvalue weighted by Crippen LogP contribution is 2.58. The molecule has 0 radical (unpaired) electrons. The lowest BCUT2D eigenvalue weighted by molar-refractivity contribution is -0.201. The van der Waals surface area contributed by atoms with Crippen molar-refractivity contribution >= 4 is 46.5 Å². The van der Waals surface area contributed by atoms with Gasteiger partial charge in [-0.15, -0.1) is 11.8 Å². The van der Waals surface area contributed by atoms with E-state index in [9.17, 15) is 14.7 Å². The van der Waals surface area contributed by atoms with Crippen LogP contribution in [-0.4, -0.2) is 85.1 Å². The Morgan fingerprint density at radius 1 is 1.14 bits per heavy atom. The first-order valence-corrected chi connectivity index (χ1v) is 15.7. The van der Waals surface area contributed by atoms with Crippen LogP contribution in [0.25, 0.3) is 11.2 Å². The molecule has 1 aliphatic carbocycles. The number of esters is 2. The van der Waals surface area contributed by atoms with Gasteiger partial charge in [0.2, 0.25) is 5.28 Å². The lowest BCUT2D eigenvalue weighted by atomic mass is 9.93. The summed E-state index contributed by atoms with van der Waals surface area (Å²) in [6, 6.07) is 8.67. The summed E-state index contributed by atoms with van der Waals surface area (Å²) in [6.45, 7) is 5.20. The van der Waals surface area contributed by atoms with Gasteiger partial charge in [0.1, 0.15) is 22.8 Å². The standard InChI is InChI=1S/C29H34ClFN4O7S/c1-4-7-11-14-43-23-18-22(33-27(30)34-23)35(16-32-18)24-19(31)29(38)20(41-24)21(29)42-28(25(36)39-5-2,26(37)40-6-3)15-17-12-9-8-10-13-17/h8-10,12-13,16,19-21,24,38H,4-7,11,14-15H2,1-3H3/t19-,20-,21?,24-,29+/m1/s1. The van der Waals surface area contributed by atoms with Gasteiger partial charge in [-0.2, -0.15) is 4.98 Å².